The maximum absolute atomic E-state index is 12.5. The van der Waals surface area contributed by atoms with Gasteiger partial charge in [0, 0.05) is 37.9 Å². The maximum atomic E-state index is 12.5. The van der Waals surface area contributed by atoms with Gasteiger partial charge in [0.15, 0.2) is 5.03 Å². The highest BCUT2D eigenvalue weighted by Crippen LogP contribution is 2.23. The van der Waals surface area contributed by atoms with Crippen LogP contribution in [-0.2, 0) is 21.8 Å². The molecule has 1 fully saturated rings. The number of hydrogen-bond donors (Lipinski definition) is 2. The Morgan fingerprint density at radius 1 is 1.53 bits per heavy atom. The largest absolute Gasteiger partial charge is 0.381 e. The number of sulfonamides is 1. The first-order valence-corrected chi connectivity index (χ1v) is 7.69. The zero-order valence-corrected chi connectivity index (χ0v) is 12.0. The summed E-state index contributed by atoms with van der Waals surface area (Å²) in [5.74, 6) is 0. The topological polar surface area (TPSA) is 99.2 Å². The molecule has 0 aliphatic carbocycles. The van der Waals surface area contributed by atoms with Gasteiger partial charge in [-0.25, -0.2) is 13.1 Å². The Labute approximate surface area is 113 Å². The van der Waals surface area contributed by atoms with Gasteiger partial charge in [-0.1, -0.05) is 0 Å². The minimum Gasteiger partial charge on any atom is -0.381 e. The van der Waals surface area contributed by atoms with Gasteiger partial charge in [-0.05, 0) is 19.8 Å². The highest BCUT2D eigenvalue weighted by Gasteiger charge is 2.37. The Kier molecular flexibility index (Phi) is 3.95. The van der Waals surface area contributed by atoms with Crippen molar-refractivity contribution in [1.82, 2.24) is 14.5 Å². The number of nitrogens with one attached hydrogen (secondary N) is 1. The van der Waals surface area contributed by atoms with E-state index in [0.717, 1.165) is 0 Å². The molecule has 1 aromatic heterocycles. The Hall–Kier alpha value is -0.960. The fraction of sp³-hybridized carbons (Fsp3) is 0.727. The van der Waals surface area contributed by atoms with E-state index in [1.807, 2.05) is 0 Å². The van der Waals surface area contributed by atoms with Gasteiger partial charge in [0.05, 0.1) is 6.20 Å². The Bertz CT molecular complexity index is 527. The lowest BCUT2D eigenvalue weighted by Crippen LogP contribution is -2.56. The second-order valence-electron chi connectivity index (χ2n) is 4.96. The summed E-state index contributed by atoms with van der Waals surface area (Å²) in [6.07, 6.45) is 2.70. The number of aryl methyl sites for hydroxylation is 2. The van der Waals surface area contributed by atoms with Crippen LogP contribution in [0.1, 0.15) is 18.4 Å². The number of nitrogens with two attached hydrogens (primary N) is 1. The predicted molar refractivity (Wildman–Crippen MR) is 70.1 cm³/mol. The number of aromatic nitrogens is 2. The van der Waals surface area contributed by atoms with Crippen LogP contribution in [0, 0.1) is 6.92 Å². The van der Waals surface area contributed by atoms with E-state index in [1.165, 1.54) is 10.9 Å². The zero-order valence-electron chi connectivity index (χ0n) is 11.2. The molecule has 2 rings (SSSR count). The van der Waals surface area contributed by atoms with Crippen LogP contribution >= 0.6 is 0 Å². The van der Waals surface area contributed by atoms with Crippen LogP contribution in [0.3, 0.4) is 0 Å². The van der Waals surface area contributed by atoms with Crippen molar-refractivity contribution in [2.24, 2.45) is 12.8 Å². The first kappa shape index (κ1) is 14.4. The molecule has 0 unspecified atom stereocenters. The number of ether oxygens (including phenoxy) is 1. The van der Waals surface area contributed by atoms with E-state index in [2.05, 4.69) is 9.82 Å². The van der Waals surface area contributed by atoms with Crippen molar-refractivity contribution in [3.8, 4) is 0 Å². The molecular formula is C11H20N4O3S. The average molecular weight is 288 g/mol. The fourth-order valence-corrected chi connectivity index (χ4v) is 4.19. The van der Waals surface area contributed by atoms with Gasteiger partial charge in [0.1, 0.15) is 0 Å². The van der Waals surface area contributed by atoms with Crippen molar-refractivity contribution in [3.05, 3.63) is 11.8 Å². The van der Waals surface area contributed by atoms with Crippen molar-refractivity contribution in [3.63, 3.8) is 0 Å². The molecule has 2 heterocycles. The Morgan fingerprint density at radius 3 is 2.63 bits per heavy atom. The van der Waals surface area contributed by atoms with Crippen LogP contribution < -0.4 is 10.5 Å². The molecule has 1 aliphatic rings. The van der Waals surface area contributed by atoms with E-state index in [9.17, 15) is 8.42 Å². The van der Waals surface area contributed by atoms with Crippen molar-refractivity contribution >= 4 is 10.0 Å². The summed E-state index contributed by atoms with van der Waals surface area (Å²) in [6.45, 7) is 3.02. The van der Waals surface area contributed by atoms with Crippen molar-refractivity contribution < 1.29 is 13.2 Å². The summed E-state index contributed by atoms with van der Waals surface area (Å²) >= 11 is 0. The van der Waals surface area contributed by atoms with Gasteiger partial charge in [-0.15, -0.1) is 0 Å². The lowest BCUT2D eigenvalue weighted by Gasteiger charge is -2.36. The molecule has 0 aromatic carbocycles. The van der Waals surface area contributed by atoms with E-state index in [1.54, 1.807) is 14.0 Å². The molecule has 0 spiro atoms. The lowest BCUT2D eigenvalue weighted by molar-refractivity contribution is 0.0501. The van der Waals surface area contributed by atoms with E-state index >= 15 is 0 Å². The quantitative estimate of drug-likeness (QED) is 0.779. The zero-order chi connectivity index (χ0) is 14.1. The summed E-state index contributed by atoms with van der Waals surface area (Å²) in [6, 6.07) is 0. The summed E-state index contributed by atoms with van der Waals surface area (Å²) in [5, 5.41) is 4.15. The molecule has 1 aliphatic heterocycles. The molecule has 1 aromatic rings. The standard InChI is InChI=1S/C11H20N4O3S/c1-9-7-13-15(2)10(9)19(16,17)14-11(8-12)3-5-18-6-4-11/h7,14H,3-6,8,12H2,1-2H3. The molecule has 3 N–H and O–H groups in total. The minimum absolute atomic E-state index is 0.187. The van der Waals surface area contributed by atoms with Gasteiger partial charge >= 0.3 is 0 Å². The molecule has 8 heteroatoms. The molecule has 1 saturated heterocycles. The first-order chi connectivity index (χ1) is 8.90. The molecule has 0 atom stereocenters. The Balaban J connectivity index is 2.30. The van der Waals surface area contributed by atoms with Gasteiger partial charge in [0.25, 0.3) is 10.0 Å². The van der Waals surface area contributed by atoms with Crippen LogP contribution in [0.5, 0.6) is 0 Å². The average Bonchev–Trinajstić information content (AvgIpc) is 2.70. The van der Waals surface area contributed by atoms with Crippen molar-refractivity contribution in [2.75, 3.05) is 19.8 Å². The predicted octanol–water partition coefficient (Wildman–Crippen LogP) is -0.485. The molecule has 7 nitrogen and oxygen atoms in total. The van der Waals surface area contributed by atoms with Crippen LogP contribution in [0.25, 0.3) is 0 Å². The van der Waals surface area contributed by atoms with Crippen LogP contribution in [0.4, 0.5) is 0 Å². The normalized spacial score (nSPS) is 19.5. The monoisotopic (exact) mass is 288 g/mol. The summed E-state index contributed by atoms with van der Waals surface area (Å²) in [4.78, 5) is 0. The lowest BCUT2D eigenvalue weighted by atomic mass is 9.92. The van der Waals surface area contributed by atoms with Gasteiger partial charge in [-0.3, -0.25) is 4.68 Å². The molecule has 0 saturated carbocycles. The third kappa shape index (κ3) is 2.81. The second-order valence-corrected chi connectivity index (χ2v) is 6.56. The van der Waals surface area contributed by atoms with Crippen molar-refractivity contribution in [1.29, 1.82) is 0 Å². The highest BCUT2D eigenvalue weighted by molar-refractivity contribution is 7.89. The molecule has 0 amide bonds. The van der Waals surface area contributed by atoms with Crippen LogP contribution in [-0.4, -0.2) is 43.5 Å². The second kappa shape index (κ2) is 5.20. The third-order valence-corrected chi connectivity index (χ3v) is 5.30. The summed E-state index contributed by atoms with van der Waals surface area (Å²) in [5.41, 5.74) is 5.77. The summed E-state index contributed by atoms with van der Waals surface area (Å²) in [7, 11) is -2.02. The van der Waals surface area contributed by atoms with E-state index in [-0.39, 0.29) is 11.6 Å². The molecule has 19 heavy (non-hydrogen) atoms. The van der Waals surface area contributed by atoms with Crippen LogP contribution in [0.2, 0.25) is 0 Å². The number of rotatable bonds is 4. The SMILES string of the molecule is Cc1cnn(C)c1S(=O)(=O)NC1(CN)CCOCC1. The van der Waals surface area contributed by atoms with E-state index in [4.69, 9.17) is 10.5 Å². The first-order valence-electron chi connectivity index (χ1n) is 6.21. The summed E-state index contributed by atoms with van der Waals surface area (Å²) < 4.78 is 34.4. The number of hydrogen-bond acceptors (Lipinski definition) is 5. The molecule has 0 radical (unpaired) electrons. The van der Waals surface area contributed by atoms with Crippen LogP contribution in [0.15, 0.2) is 11.2 Å². The van der Waals surface area contributed by atoms with E-state index < -0.39 is 15.6 Å². The number of nitrogens with zero attached hydrogens (tertiary/aromatic N) is 2. The van der Waals surface area contributed by atoms with Gasteiger partial charge < -0.3 is 10.5 Å². The fourth-order valence-electron chi connectivity index (χ4n) is 2.37. The van der Waals surface area contributed by atoms with E-state index in [0.29, 0.717) is 31.6 Å². The third-order valence-electron chi connectivity index (χ3n) is 3.50. The molecular weight excluding hydrogens is 268 g/mol. The van der Waals surface area contributed by atoms with Gasteiger partial charge in [-0.2, -0.15) is 5.10 Å². The minimum atomic E-state index is -3.63. The Morgan fingerprint density at radius 2 is 2.16 bits per heavy atom. The smallest absolute Gasteiger partial charge is 0.258 e. The van der Waals surface area contributed by atoms with Crippen molar-refractivity contribution in [2.45, 2.75) is 30.3 Å². The maximum Gasteiger partial charge on any atom is 0.258 e. The van der Waals surface area contributed by atoms with Gasteiger partial charge in [0.2, 0.25) is 0 Å². The highest BCUT2D eigenvalue weighted by atomic mass is 32.2. The molecule has 0 bridgehead atoms. The molecule has 108 valence electrons.